The molecule has 0 spiro atoms. The van der Waals surface area contributed by atoms with Gasteiger partial charge in [-0.2, -0.15) is 0 Å². The van der Waals surface area contributed by atoms with Crippen LogP contribution in [0.15, 0.2) is 60.8 Å². The molecule has 1 aliphatic heterocycles. The van der Waals surface area contributed by atoms with Crippen molar-refractivity contribution < 1.29 is 14.3 Å². The van der Waals surface area contributed by atoms with Gasteiger partial charge >= 0.3 is 6.03 Å². The molecule has 0 saturated heterocycles. The second kappa shape index (κ2) is 12.8. The Kier molecular flexibility index (Phi) is 8.91. The largest absolute Gasteiger partial charge is 0.482 e. The number of rotatable bonds is 8. The van der Waals surface area contributed by atoms with E-state index in [-0.39, 0.29) is 36.4 Å². The third-order valence-electron chi connectivity index (χ3n) is 8.32. The number of carbonyl (C=O) groups is 2. The fraction of sp³-hybridized carbons (Fsp3) is 0.441. The summed E-state index contributed by atoms with van der Waals surface area (Å²) in [5.41, 5.74) is 5.68. The Balaban J connectivity index is 1.57. The van der Waals surface area contributed by atoms with Crippen LogP contribution in [0.5, 0.6) is 5.75 Å². The lowest BCUT2D eigenvalue weighted by Gasteiger charge is -2.39. The number of urea groups is 1. The second-order valence-electron chi connectivity index (χ2n) is 11.9. The van der Waals surface area contributed by atoms with E-state index in [9.17, 15) is 9.59 Å². The van der Waals surface area contributed by atoms with E-state index in [0.29, 0.717) is 23.9 Å². The highest BCUT2D eigenvalue weighted by Crippen LogP contribution is 2.40. The summed E-state index contributed by atoms with van der Waals surface area (Å²) in [5, 5.41) is 6.25. The molecular weight excluding hydrogens is 512 g/mol. The molecule has 0 bridgehead atoms. The van der Waals surface area contributed by atoms with Crippen LogP contribution in [-0.4, -0.2) is 28.4 Å². The predicted molar refractivity (Wildman–Crippen MR) is 163 cm³/mol. The first-order valence-corrected chi connectivity index (χ1v) is 15.0. The zero-order valence-electron chi connectivity index (χ0n) is 24.7. The summed E-state index contributed by atoms with van der Waals surface area (Å²) >= 11 is 0. The number of pyridine rings is 1. The van der Waals surface area contributed by atoms with Crippen LogP contribution in [0.1, 0.15) is 100 Å². The fourth-order valence-electron chi connectivity index (χ4n) is 6.24. The van der Waals surface area contributed by atoms with E-state index in [2.05, 4.69) is 56.5 Å². The number of para-hydroxylation sites is 1. The lowest BCUT2D eigenvalue weighted by Crippen LogP contribution is -2.42. The summed E-state index contributed by atoms with van der Waals surface area (Å²) in [7, 11) is 0. The SMILES string of the molecule is CC(C)c1cccc(C(C)C)c1NC(=O)N(Cc1ccc2c(c1)OCC(=O)N2)C(c1ccccn1)C1CCCCC1. The smallest absolute Gasteiger partial charge is 0.322 e. The number of amides is 3. The number of benzene rings is 2. The number of fused-ring (bicyclic) bond motifs is 1. The van der Waals surface area contributed by atoms with Crippen molar-refractivity contribution in [1.29, 1.82) is 0 Å². The number of hydrogen-bond acceptors (Lipinski definition) is 4. The van der Waals surface area contributed by atoms with E-state index < -0.39 is 0 Å². The molecule has 2 aliphatic rings. The van der Waals surface area contributed by atoms with Crippen LogP contribution in [0.4, 0.5) is 16.2 Å². The first kappa shape index (κ1) is 28.7. The monoisotopic (exact) mass is 554 g/mol. The van der Waals surface area contributed by atoms with Gasteiger partial charge < -0.3 is 20.3 Å². The van der Waals surface area contributed by atoms with Crippen LogP contribution in [0.2, 0.25) is 0 Å². The summed E-state index contributed by atoms with van der Waals surface area (Å²) < 4.78 is 5.72. The second-order valence-corrected chi connectivity index (χ2v) is 11.9. The van der Waals surface area contributed by atoms with Gasteiger partial charge in [0, 0.05) is 18.4 Å². The topological polar surface area (TPSA) is 83.6 Å². The Morgan fingerprint density at radius 1 is 1.00 bits per heavy atom. The highest BCUT2D eigenvalue weighted by molar-refractivity contribution is 5.95. The van der Waals surface area contributed by atoms with Gasteiger partial charge in [-0.15, -0.1) is 0 Å². The van der Waals surface area contributed by atoms with Crippen molar-refractivity contribution >= 4 is 23.3 Å². The Hall–Kier alpha value is -3.87. The Morgan fingerprint density at radius 2 is 1.73 bits per heavy atom. The van der Waals surface area contributed by atoms with Crippen molar-refractivity contribution in [3.05, 3.63) is 83.2 Å². The number of hydrogen-bond donors (Lipinski definition) is 2. The van der Waals surface area contributed by atoms with E-state index in [0.717, 1.165) is 53.8 Å². The van der Waals surface area contributed by atoms with E-state index >= 15 is 0 Å². The van der Waals surface area contributed by atoms with Crippen LogP contribution < -0.4 is 15.4 Å². The molecule has 7 heteroatoms. The summed E-state index contributed by atoms with van der Waals surface area (Å²) in [6.07, 6.45) is 7.48. The van der Waals surface area contributed by atoms with Crippen LogP contribution in [0, 0.1) is 5.92 Å². The molecule has 1 fully saturated rings. The van der Waals surface area contributed by atoms with Gasteiger partial charge in [-0.3, -0.25) is 9.78 Å². The van der Waals surface area contributed by atoms with Gasteiger partial charge in [0.2, 0.25) is 0 Å². The summed E-state index contributed by atoms with van der Waals surface area (Å²) in [6, 6.07) is 17.7. The van der Waals surface area contributed by atoms with E-state index in [1.54, 1.807) is 0 Å². The van der Waals surface area contributed by atoms with Crippen molar-refractivity contribution in [2.24, 2.45) is 5.92 Å². The minimum atomic E-state index is -0.179. The van der Waals surface area contributed by atoms with Crippen LogP contribution in [-0.2, 0) is 11.3 Å². The third-order valence-corrected chi connectivity index (χ3v) is 8.32. The predicted octanol–water partition coefficient (Wildman–Crippen LogP) is 8.02. The van der Waals surface area contributed by atoms with Crippen molar-refractivity contribution in [3.8, 4) is 5.75 Å². The number of ether oxygens (including phenoxy) is 1. The maximum absolute atomic E-state index is 14.6. The molecule has 1 aliphatic carbocycles. The molecule has 7 nitrogen and oxygen atoms in total. The minimum absolute atomic E-state index is 0.0107. The number of nitrogens with zero attached hydrogens (tertiary/aromatic N) is 2. The molecule has 5 rings (SSSR count). The van der Waals surface area contributed by atoms with Crippen molar-refractivity contribution in [3.63, 3.8) is 0 Å². The van der Waals surface area contributed by atoms with Crippen molar-refractivity contribution in [1.82, 2.24) is 9.88 Å². The van der Waals surface area contributed by atoms with Crippen LogP contribution in [0.25, 0.3) is 0 Å². The van der Waals surface area contributed by atoms with Crippen molar-refractivity contribution in [2.75, 3.05) is 17.2 Å². The van der Waals surface area contributed by atoms with Gasteiger partial charge in [-0.25, -0.2) is 4.79 Å². The molecule has 3 amide bonds. The number of carbonyl (C=O) groups excluding carboxylic acids is 2. The average molecular weight is 555 g/mol. The standard InChI is InChI=1S/C34H42N4O3/c1-22(2)26-13-10-14-27(23(3)4)32(26)37-34(40)38(20-24-16-17-28-30(19-24)41-21-31(39)36-28)33(25-11-6-5-7-12-25)29-15-8-9-18-35-29/h8-10,13-19,22-23,25,33H,5-7,11-12,20-21H2,1-4H3,(H,36,39)(H,37,40). The number of anilines is 2. The average Bonchev–Trinajstić information content (AvgIpc) is 2.97. The quantitative estimate of drug-likeness (QED) is 0.295. The lowest BCUT2D eigenvalue weighted by molar-refractivity contribution is -0.118. The molecule has 3 aromatic rings. The van der Waals surface area contributed by atoms with Gasteiger partial charge in [-0.1, -0.05) is 77.3 Å². The highest BCUT2D eigenvalue weighted by atomic mass is 16.5. The molecule has 1 saturated carbocycles. The van der Waals surface area contributed by atoms with Crippen molar-refractivity contribution in [2.45, 2.75) is 84.2 Å². The molecular formula is C34H42N4O3. The zero-order valence-corrected chi connectivity index (χ0v) is 24.7. The van der Waals surface area contributed by atoms with E-state index in [1.165, 1.54) is 6.42 Å². The first-order valence-electron chi connectivity index (χ1n) is 15.0. The Bertz CT molecular complexity index is 1340. The fourth-order valence-corrected chi connectivity index (χ4v) is 6.24. The van der Waals surface area contributed by atoms with Gasteiger partial charge in [0.25, 0.3) is 5.91 Å². The van der Waals surface area contributed by atoms with Crippen LogP contribution >= 0.6 is 0 Å². The summed E-state index contributed by atoms with van der Waals surface area (Å²) in [4.78, 5) is 33.1. The van der Waals surface area contributed by atoms with Crippen LogP contribution in [0.3, 0.4) is 0 Å². The molecule has 1 atom stereocenters. The lowest BCUT2D eigenvalue weighted by atomic mass is 9.81. The minimum Gasteiger partial charge on any atom is -0.482 e. The maximum Gasteiger partial charge on any atom is 0.322 e. The van der Waals surface area contributed by atoms with E-state index in [1.807, 2.05) is 47.5 Å². The zero-order chi connectivity index (χ0) is 28.9. The molecule has 1 aromatic heterocycles. The number of nitrogens with one attached hydrogen (secondary N) is 2. The highest BCUT2D eigenvalue weighted by Gasteiger charge is 2.35. The maximum atomic E-state index is 14.6. The third kappa shape index (κ3) is 6.55. The van der Waals surface area contributed by atoms with Gasteiger partial charge in [-0.05, 0) is 71.6 Å². The molecule has 0 radical (unpaired) electrons. The van der Waals surface area contributed by atoms with Gasteiger partial charge in [0.15, 0.2) is 6.61 Å². The molecule has 41 heavy (non-hydrogen) atoms. The molecule has 1 unspecified atom stereocenters. The summed E-state index contributed by atoms with van der Waals surface area (Å²) in [6.45, 7) is 9.03. The van der Waals surface area contributed by atoms with Gasteiger partial charge in [0.05, 0.1) is 17.4 Å². The molecule has 2 heterocycles. The number of aromatic nitrogens is 1. The first-order chi connectivity index (χ1) is 19.8. The molecule has 2 aromatic carbocycles. The normalized spacial score (nSPS) is 16.1. The van der Waals surface area contributed by atoms with E-state index in [4.69, 9.17) is 9.72 Å². The summed E-state index contributed by atoms with van der Waals surface area (Å²) in [5.74, 6) is 1.29. The van der Waals surface area contributed by atoms with Gasteiger partial charge in [0.1, 0.15) is 5.75 Å². The Labute approximate surface area is 243 Å². The molecule has 216 valence electrons. The molecule has 2 N–H and O–H groups in total. The Morgan fingerprint density at radius 3 is 2.39 bits per heavy atom.